The third-order valence-electron chi connectivity index (χ3n) is 2.66. The number of hydrogen-bond donors (Lipinski definition) is 1. The molecular formula is C13H15BrClN3O. The first-order chi connectivity index (χ1) is 9.02. The highest BCUT2D eigenvalue weighted by Gasteiger charge is 2.15. The molecule has 0 atom stereocenters. The van der Waals surface area contributed by atoms with E-state index in [-0.39, 0.29) is 0 Å². The summed E-state index contributed by atoms with van der Waals surface area (Å²) in [4.78, 5) is 0. The van der Waals surface area contributed by atoms with Crippen LogP contribution in [0.15, 0.2) is 22.7 Å². The minimum absolute atomic E-state index is 0.524. The molecule has 0 spiro atoms. The molecule has 0 aliphatic carbocycles. The van der Waals surface area contributed by atoms with Gasteiger partial charge >= 0.3 is 0 Å². The van der Waals surface area contributed by atoms with E-state index in [0.29, 0.717) is 22.3 Å². The fourth-order valence-electron chi connectivity index (χ4n) is 1.71. The van der Waals surface area contributed by atoms with Gasteiger partial charge in [-0.1, -0.05) is 34.5 Å². The molecular weight excluding hydrogens is 330 g/mol. The quantitative estimate of drug-likeness (QED) is 0.895. The first-order valence-electron chi connectivity index (χ1n) is 5.98. The van der Waals surface area contributed by atoms with Gasteiger partial charge in [-0.05, 0) is 31.5 Å². The molecule has 0 amide bonds. The molecule has 2 rings (SSSR count). The lowest BCUT2D eigenvalue weighted by Crippen LogP contribution is -2.02. The number of hydrogen-bond acceptors (Lipinski definition) is 3. The molecule has 1 aromatic carbocycles. The average Bonchev–Trinajstić information content (AvgIpc) is 2.61. The van der Waals surface area contributed by atoms with Crippen molar-refractivity contribution in [2.45, 2.75) is 26.8 Å². The normalized spacial score (nSPS) is 10.7. The topological polar surface area (TPSA) is 53.1 Å². The molecule has 19 heavy (non-hydrogen) atoms. The second-order valence-electron chi connectivity index (χ2n) is 4.20. The Morgan fingerprint density at radius 1 is 1.47 bits per heavy atom. The highest BCUT2D eigenvalue weighted by Crippen LogP contribution is 2.35. The van der Waals surface area contributed by atoms with Gasteiger partial charge in [-0.3, -0.25) is 0 Å². The number of aryl methyl sites for hydroxylation is 2. The maximum atomic E-state index is 6.14. The first-order valence-corrected chi connectivity index (χ1v) is 7.15. The number of ether oxygens (including phenoxy) is 1. The van der Waals surface area contributed by atoms with Crippen molar-refractivity contribution < 1.29 is 4.74 Å². The highest BCUT2D eigenvalue weighted by molar-refractivity contribution is 9.10. The number of aromatic nitrogens is 2. The predicted molar refractivity (Wildman–Crippen MR) is 80.9 cm³/mol. The van der Waals surface area contributed by atoms with Crippen LogP contribution in [0.25, 0.3) is 0 Å². The van der Waals surface area contributed by atoms with Crippen LogP contribution in [0, 0.1) is 6.92 Å². The van der Waals surface area contributed by atoms with Crippen molar-refractivity contribution in [2.24, 2.45) is 0 Å². The summed E-state index contributed by atoms with van der Waals surface area (Å²) >= 11 is 9.50. The molecule has 0 aliphatic heterocycles. The number of nitrogens with zero attached hydrogens (tertiary/aromatic N) is 2. The molecule has 1 aromatic heterocycles. The van der Waals surface area contributed by atoms with Gasteiger partial charge in [0.1, 0.15) is 11.4 Å². The van der Waals surface area contributed by atoms with Crippen LogP contribution < -0.4 is 10.5 Å². The largest absolute Gasteiger partial charge is 0.436 e. The van der Waals surface area contributed by atoms with Crippen molar-refractivity contribution in [3.05, 3.63) is 33.4 Å². The van der Waals surface area contributed by atoms with E-state index in [1.807, 2.05) is 13.0 Å². The molecule has 0 unspecified atom stereocenters. The van der Waals surface area contributed by atoms with Gasteiger partial charge in [0.05, 0.1) is 10.7 Å². The van der Waals surface area contributed by atoms with Gasteiger partial charge in [0, 0.05) is 11.0 Å². The average molecular weight is 345 g/mol. The summed E-state index contributed by atoms with van der Waals surface area (Å²) < 4.78 is 8.49. The molecule has 0 fully saturated rings. The second-order valence-corrected chi connectivity index (χ2v) is 5.53. The summed E-state index contributed by atoms with van der Waals surface area (Å²) in [7, 11) is 0. The SMILES string of the molecule is CCCn1nc(C)c(N)c1Oc1ccc(Br)cc1Cl. The third kappa shape index (κ3) is 3.04. The van der Waals surface area contributed by atoms with Gasteiger partial charge in [-0.25, -0.2) is 4.68 Å². The van der Waals surface area contributed by atoms with Gasteiger partial charge in [0.15, 0.2) is 0 Å². The van der Waals surface area contributed by atoms with E-state index in [2.05, 4.69) is 28.0 Å². The Morgan fingerprint density at radius 2 is 2.21 bits per heavy atom. The van der Waals surface area contributed by atoms with E-state index < -0.39 is 0 Å². The van der Waals surface area contributed by atoms with Crippen LogP contribution >= 0.6 is 27.5 Å². The van der Waals surface area contributed by atoms with Crippen LogP contribution in [0.1, 0.15) is 19.0 Å². The molecule has 0 bridgehead atoms. The van der Waals surface area contributed by atoms with Gasteiger partial charge in [0.2, 0.25) is 5.88 Å². The maximum Gasteiger partial charge on any atom is 0.241 e. The molecule has 0 aliphatic rings. The van der Waals surface area contributed by atoms with Crippen molar-refractivity contribution in [3.8, 4) is 11.6 Å². The van der Waals surface area contributed by atoms with Crippen molar-refractivity contribution in [3.63, 3.8) is 0 Å². The molecule has 0 radical (unpaired) electrons. The lowest BCUT2D eigenvalue weighted by molar-refractivity contribution is 0.410. The van der Waals surface area contributed by atoms with E-state index >= 15 is 0 Å². The van der Waals surface area contributed by atoms with E-state index in [1.165, 1.54) is 0 Å². The summed E-state index contributed by atoms with van der Waals surface area (Å²) in [5, 5.41) is 4.88. The van der Waals surface area contributed by atoms with Crippen LogP contribution in [0.2, 0.25) is 5.02 Å². The van der Waals surface area contributed by atoms with Crippen molar-refractivity contribution in [1.82, 2.24) is 9.78 Å². The monoisotopic (exact) mass is 343 g/mol. The second kappa shape index (κ2) is 5.84. The lowest BCUT2D eigenvalue weighted by Gasteiger charge is -2.10. The van der Waals surface area contributed by atoms with E-state index in [0.717, 1.165) is 23.1 Å². The molecule has 4 nitrogen and oxygen atoms in total. The van der Waals surface area contributed by atoms with Crippen molar-refractivity contribution in [1.29, 1.82) is 0 Å². The van der Waals surface area contributed by atoms with Crippen LogP contribution in [-0.2, 0) is 6.54 Å². The number of nitrogens with two attached hydrogens (primary N) is 1. The Labute approximate surface area is 125 Å². The van der Waals surface area contributed by atoms with Crippen LogP contribution in [0.4, 0.5) is 5.69 Å². The summed E-state index contributed by atoms with van der Waals surface area (Å²) in [5.41, 5.74) is 7.31. The molecule has 2 N–H and O–H groups in total. The zero-order valence-electron chi connectivity index (χ0n) is 10.8. The van der Waals surface area contributed by atoms with Gasteiger partial charge in [-0.2, -0.15) is 5.10 Å². The van der Waals surface area contributed by atoms with Crippen molar-refractivity contribution in [2.75, 3.05) is 5.73 Å². The zero-order valence-corrected chi connectivity index (χ0v) is 13.1. The van der Waals surface area contributed by atoms with E-state index in [9.17, 15) is 0 Å². The number of rotatable bonds is 4. The molecule has 0 saturated carbocycles. The summed E-state index contributed by atoms with van der Waals surface area (Å²) in [6.45, 7) is 4.68. The van der Waals surface area contributed by atoms with Crippen LogP contribution in [0.3, 0.4) is 0 Å². The predicted octanol–water partition coefficient (Wildman–Crippen LogP) is 4.39. The number of anilines is 1. The van der Waals surface area contributed by atoms with Gasteiger partial charge in [0.25, 0.3) is 0 Å². The smallest absolute Gasteiger partial charge is 0.241 e. The fourth-order valence-corrected chi connectivity index (χ4v) is 2.42. The summed E-state index contributed by atoms with van der Waals surface area (Å²) in [5.74, 6) is 1.11. The molecule has 0 saturated heterocycles. The minimum atomic E-state index is 0.524. The maximum absolute atomic E-state index is 6.14. The molecule has 2 aromatic rings. The Bertz CT molecular complexity index is 598. The summed E-state index contributed by atoms with van der Waals surface area (Å²) in [6.07, 6.45) is 0.949. The molecule has 1 heterocycles. The number of benzene rings is 1. The summed E-state index contributed by atoms with van der Waals surface area (Å²) in [6, 6.07) is 5.44. The van der Waals surface area contributed by atoms with Crippen LogP contribution in [0.5, 0.6) is 11.6 Å². The Hall–Kier alpha value is -1.20. The molecule has 6 heteroatoms. The van der Waals surface area contributed by atoms with Crippen LogP contribution in [-0.4, -0.2) is 9.78 Å². The van der Waals surface area contributed by atoms with Gasteiger partial charge in [-0.15, -0.1) is 0 Å². The fraction of sp³-hybridized carbons (Fsp3) is 0.308. The Kier molecular flexibility index (Phi) is 4.37. The third-order valence-corrected chi connectivity index (χ3v) is 3.45. The Balaban J connectivity index is 2.37. The number of halogens is 2. The first kappa shape index (κ1) is 14.2. The standard InChI is InChI=1S/C13H15BrClN3O/c1-3-6-18-13(12(16)8(2)17-18)19-11-5-4-9(14)7-10(11)15/h4-5,7H,3,6,16H2,1-2H3. The minimum Gasteiger partial charge on any atom is -0.436 e. The molecule has 102 valence electrons. The Morgan fingerprint density at radius 3 is 2.84 bits per heavy atom. The number of nitrogen functional groups attached to an aromatic ring is 1. The van der Waals surface area contributed by atoms with E-state index in [1.54, 1.807) is 16.8 Å². The highest BCUT2D eigenvalue weighted by atomic mass is 79.9. The zero-order chi connectivity index (χ0) is 14.0. The lowest BCUT2D eigenvalue weighted by atomic mass is 10.3. The van der Waals surface area contributed by atoms with Crippen molar-refractivity contribution >= 4 is 33.2 Å². The van der Waals surface area contributed by atoms with Gasteiger partial charge < -0.3 is 10.5 Å². The van der Waals surface area contributed by atoms with E-state index in [4.69, 9.17) is 22.1 Å².